The Morgan fingerprint density at radius 2 is 1.58 bits per heavy atom. The topological polar surface area (TPSA) is 24.3 Å². The molecule has 0 saturated carbocycles. The van der Waals surface area contributed by atoms with E-state index in [1.807, 2.05) is 17.7 Å². The smallest absolute Gasteiger partial charge is 0.203 e. The van der Waals surface area contributed by atoms with Gasteiger partial charge in [-0.25, -0.2) is 4.98 Å². The highest BCUT2D eigenvalue weighted by molar-refractivity contribution is 6.29. The minimum absolute atomic E-state index is 0.521. The van der Waals surface area contributed by atoms with Crippen LogP contribution in [0.4, 0.5) is 5.69 Å². The highest BCUT2D eigenvalue weighted by Gasteiger charge is 2.19. The summed E-state index contributed by atoms with van der Waals surface area (Å²) in [7, 11) is 1.95. The van der Waals surface area contributed by atoms with Gasteiger partial charge in [0.05, 0.1) is 11.0 Å². The van der Waals surface area contributed by atoms with E-state index in [-0.39, 0.29) is 0 Å². The summed E-state index contributed by atoms with van der Waals surface area (Å²) in [6.07, 6.45) is 0. The lowest BCUT2D eigenvalue weighted by molar-refractivity contribution is 0.209. The molecular weight excluding hydrogens is 344 g/mol. The summed E-state index contributed by atoms with van der Waals surface area (Å²) in [4.78, 5) is 9.38. The first-order valence-corrected chi connectivity index (χ1v) is 9.62. The van der Waals surface area contributed by atoms with Crippen molar-refractivity contribution in [2.75, 3.05) is 31.1 Å². The van der Waals surface area contributed by atoms with Crippen molar-refractivity contribution in [3.8, 4) is 11.1 Å². The Morgan fingerprint density at radius 3 is 2.23 bits per heavy atom. The number of hydrogen-bond donors (Lipinski definition) is 0. The number of halogens is 1. The number of imidazole rings is 1. The Bertz CT molecular complexity index is 906. The Kier molecular flexibility index (Phi) is 4.63. The van der Waals surface area contributed by atoms with Crippen LogP contribution in [-0.2, 0) is 7.05 Å². The maximum atomic E-state index is 6.13. The molecule has 0 atom stereocenters. The van der Waals surface area contributed by atoms with Crippen molar-refractivity contribution in [2.24, 2.45) is 7.05 Å². The van der Waals surface area contributed by atoms with Crippen molar-refractivity contribution >= 4 is 28.3 Å². The number of benzene rings is 2. The minimum Gasteiger partial charge on any atom is -0.369 e. The van der Waals surface area contributed by atoms with Gasteiger partial charge in [0.25, 0.3) is 0 Å². The summed E-state index contributed by atoms with van der Waals surface area (Å²) >= 11 is 6.13. The van der Waals surface area contributed by atoms with Gasteiger partial charge in [-0.1, -0.05) is 18.2 Å². The normalized spacial score (nSPS) is 16.0. The molecule has 1 saturated heterocycles. The largest absolute Gasteiger partial charge is 0.369 e. The number of aryl methyl sites for hydroxylation is 1. The zero-order valence-corrected chi connectivity index (χ0v) is 16.4. The number of piperazine rings is 1. The number of aromatic nitrogens is 2. The lowest BCUT2D eigenvalue weighted by Gasteiger charge is -2.38. The van der Waals surface area contributed by atoms with Gasteiger partial charge in [-0.05, 0) is 60.8 Å². The number of rotatable bonds is 3. The molecular formula is C21H25ClN4. The van der Waals surface area contributed by atoms with Crippen LogP contribution in [0.25, 0.3) is 22.2 Å². The Labute approximate surface area is 160 Å². The molecule has 1 aliphatic heterocycles. The number of nitrogens with zero attached hydrogens (tertiary/aromatic N) is 4. The predicted octanol–water partition coefficient (Wildman–Crippen LogP) is 4.42. The van der Waals surface area contributed by atoms with Crippen LogP contribution in [0.3, 0.4) is 0 Å². The maximum absolute atomic E-state index is 6.13. The van der Waals surface area contributed by atoms with Gasteiger partial charge in [-0.3, -0.25) is 4.90 Å². The fourth-order valence-corrected chi connectivity index (χ4v) is 3.88. The lowest BCUT2D eigenvalue weighted by Crippen LogP contribution is -2.48. The average Bonchev–Trinajstić information content (AvgIpc) is 2.95. The minimum atomic E-state index is 0.521. The molecule has 1 aliphatic rings. The van der Waals surface area contributed by atoms with Crippen molar-refractivity contribution in [3.63, 3.8) is 0 Å². The van der Waals surface area contributed by atoms with E-state index in [9.17, 15) is 0 Å². The standard InChI is InChI=1S/C21H25ClN4/c1-15(2)25-10-12-26(13-11-25)18-7-4-16(5-8-18)17-6-9-19-20(14-17)24(3)21(22)23-19/h4-9,14-15H,10-13H2,1-3H3. The monoisotopic (exact) mass is 368 g/mol. The van der Waals surface area contributed by atoms with Crippen LogP contribution in [0.2, 0.25) is 5.28 Å². The second-order valence-electron chi connectivity index (χ2n) is 7.31. The van der Waals surface area contributed by atoms with Crippen LogP contribution in [0.15, 0.2) is 42.5 Å². The zero-order valence-electron chi connectivity index (χ0n) is 15.6. The highest BCUT2D eigenvalue weighted by atomic mass is 35.5. The van der Waals surface area contributed by atoms with Gasteiger partial charge < -0.3 is 9.47 Å². The molecule has 0 radical (unpaired) electrons. The molecule has 26 heavy (non-hydrogen) atoms. The van der Waals surface area contributed by atoms with Crippen molar-refractivity contribution < 1.29 is 0 Å². The molecule has 4 nitrogen and oxygen atoms in total. The molecule has 2 heterocycles. The Hall–Kier alpha value is -2.04. The fourth-order valence-electron chi connectivity index (χ4n) is 3.70. The van der Waals surface area contributed by atoms with E-state index in [1.165, 1.54) is 16.8 Å². The molecule has 0 bridgehead atoms. The van der Waals surface area contributed by atoms with E-state index >= 15 is 0 Å². The molecule has 4 rings (SSSR count). The molecule has 136 valence electrons. The van der Waals surface area contributed by atoms with Crippen LogP contribution in [0, 0.1) is 0 Å². The van der Waals surface area contributed by atoms with Crippen LogP contribution in [0.5, 0.6) is 0 Å². The van der Waals surface area contributed by atoms with E-state index in [0.29, 0.717) is 11.3 Å². The molecule has 1 aromatic heterocycles. The molecule has 0 aliphatic carbocycles. The third-order valence-electron chi connectivity index (χ3n) is 5.44. The van der Waals surface area contributed by atoms with Gasteiger partial charge in [0, 0.05) is 45.0 Å². The lowest BCUT2D eigenvalue weighted by atomic mass is 10.0. The van der Waals surface area contributed by atoms with Crippen LogP contribution in [0.1, 0.15) is 13.8 Å². The van der Waals surface area contributed by atoms with E-state index in [1.54, 1.807) is 0 Å². The van der Waals surface area contributed by atoms with Gasteiger partial charge >= 0.3 is 0 Å². The molecule has 0 unspecified atom stereocenters. The van der Waals surface area contributed by atoms with E-state index < -0.39 is 0 Å². The number of hydrogen-bond acceptors (Lipinski definition) is 3. The number of anilines is 1. The molecule has 0 spiro atoms. The van der Waals surface area contributed by atoms with Gasteiger partial charge in [0.15, 0.2) is 0 Å². The van der Waals surface area contributed by atoms with Crippen molar-refractivity contribution in [2.45, 2.75) is 19.9 Å². The number of fused-ring (bicyclic) bond motifs is 1. The predicted molar refractivity (Wildman–Crippen MR) is 110 cm³/mol. The second-order valence-corrected chi connectivity index (χ2v) is 7.65. The quantitative estimate of drug-likeness (QED) is 0.683. The molecule has 5 heteroatoms. The third kappa shape index (κ3) is 3.19. The van der Waals surface area contributed by atoms with E-state index in [2.05, 4.69) is 65.0 Å². The first kappa shape index (κ1) is 17.4. The van der Waals surface area contributed by atoms with Crippen molar-refractivity contribution in [1.29, 1.82) is 0 Å². The van der Waals surface area contributed by atoms with Crippen molar-refractivity contribution in [3.05, 3.63) is 47.7 Å². The summed E-state index contributed by atoms with van der Waals surface area (Å²) in [5.74, 6) is 0. The summed E-state index contributed by atoms with van der Waals surface area (Å²) in [6, 6.07) is 15.8. The molecule has 0 N–H and O–H groups in total. The SMILES string of the molecule is CC(C)N1CCN(c2ccc(-c3ccc4nc(Cl)n(C)c4c3)cc2)CC1. The maximum Gasteiger partial charge on any atom is 0.203 e. The highest BCUT2D eigenvalue weighted by Crippen LogP contribution is 2.28. The second kappa shape index (κ2) is 6.93. The van der Waals surface area contributed by atoms with Gasteiger partial charge in [-0.15, -0.1) is 0 Å². The Morgan fingerprint density at radius 1 is 0.923 bits per heavy atom. The molecule has 2 aromatic carbocycles. The molecule has 1 fully saturated rings. The van der Waals surface area contributed by atoms with Crippen LogP contribution in [-0.4, -0.2) is 46.7 Å². The summed E-state index contributed by atoms with van der Waals surface area (Å²) in [5.41, 5.74) is 5.70. The van der Waals surface area contributed by atoms with Crippen LogP contribution >= 0.6 is 11.6 Å². The summed E-state index contributed by atoms with van der Waals surface area (Å²) in [5, 5.41) is 0.521. The fraction of sp³-hybridized carbons (Fsp3) is 0.381. The van der Waals surface area contributed by atoms with Crippen molar-refractivity contribution in [1.82, 2.24) is 14.5 Å². The van der Waals surface area contributed by atoms with E-state index in [0.717, 1.165) is 37.2 Å². The van der Waals surface area contributed by atoms with Gasteiger partial charge in [0.2, 0.25) is 5.28 Å². The summed E-state index contributed by atoms with van der Waals surface area (Å²) in [6.45, 7) is 9.01. The zero-order chi connectivity index (χ0) is 18.3. The first-order valence-electron chi connectivity index (χ1n) is 9.24. The van der Waals surface area contributed by atoms with Gasteiger partial charge in [-0.2, -0.15) is 0 Å². The van der Waals surface area contributed by atoms with Gasteiger partial charge in [0.1, 0.15) is 0 Å². The van der Waals surface area contributed by atoms with E-state index in [4.69, 9.17) is 11.6 Å². The molecule has 3 aromatic rings. The Balaban J connectivity index is 1.54. The third-order valence-corrected chi connectivity index (χ3v) is 5.77. The first-order chi connectivity index (χ1) is 12.5. The average molecular weight is 369 g/mol. The summed E-state index contributed by atoms with van der Waals surface area (Å²) < 4.78 is 1.92. The molecule has 0 amide bonds. The van der Waals surface area contributed by atoms with Crippen LogP contribution < -0.4 is 4.90 Å².